The zero-order chi connectivity index (χ0) is 18.0. The monoisotopic (exact) mass is 346 g/mol. The summed E-state index contributed by atoms with van der Waals surface area (Å²) in [4.78, 5) is 34.2. The van der Waals surface area contributed by atoms with Gasteiger partial charge in [0.05, 0.1) is 6.61 Å². The molecule has 0 saturated carbocycles. The molecule has 2 unspecified atom stereocenters. The van der Waals surface area contributed by atoms with Crippen molar-refractivity contribution in [3.8, 4) is 0 Å². The maximum atomic E-state index is 12.0. The van der Waals surface area contributed by atoms with Gasteiger partial charge in [-0.25, -0.2) is 0 Å². The number of aliphatic carboxylic acids is 1. The fourth-order valence-electron chi connectivity index (χ4n) is 2.63. The molecule has 2 bridgehead atoms. The lowest BCUT2D eigenvalue weighted by molar-refractivity contribution is -0.209. The lowest BCUT2D eigenvalue weighted by atomic mass is 9.98. The van der Waals surface area contributed by atoms with Gasteiger partial charge in [-0.15, -0.1) is 0 Å². The van der Waals surface area contributed by atoms with Gasteiger partial charge in [-0.1, -0.05) is 0 Å². The molecule has 2 heterocycles. The summed E-state index contributed by atoms with van der Waals surface area (Å²) in [7, 11) is 0. The summed E-state index contributed by atoms with van der Waals surface area (Å²) in [5, 5.41) is 24.0. The molecule has 10 nitrogen and oxygen atoms in total. The third kappa shape index (κ3) is 4.01. The Balaban J connectivity index is 2.05. The number of rotatable bonds is 6. The molecule has 2 rings (SSSR count). The predicted octanol–water partition coefficient (Wildman–Crippen LogP) is -2.03. The number of aliphatic hydroxyl groups is 1. The summed E-state index contributed by atoms with van der Waals surface area (Å²) in [5.41, 5.74) is 0. The highest BCUT2D eigenvalue weighted by molar-refractivity contribution is 5.85. The van der Waals surface area contributed by atoms with Crippen LogP contribution in [-0.4, -0.2) is 77.4 Å². The number of ether oxygens (including phenoxy) is 3. The Morgan fingerprint density at radius 2 is 1.96 bits per heavy atom. The van der Waals surface area contributed by atoms with Crippen molar-refractivity contribution in [2.45, 2.75) is 63.6 Å². The van der Waals surface area contributed by atoms with Crippen LogP contribution in [0.25, 0.3) is 0 Å². The highest BCUT2D eigenvalue weighted by atomic mass is 16.7. The first-order valence-electron chi connectivity index (χ1n) is 7.61. The first-order chi connectivity index (χ1) is 11.2. The average molecular weight is 346 g/mol. The maximum Gasteiger partial charge on any atom is 0.325 e. The fourth-order valence-corrected chi connectivity index (χ4v) is 2.63. The number of carbonyl (C=O) groups excluding carboxylic acids is 2. The van der Waals surface area contributed by atoms with Crippen LogP contribution in [0.15, 0.2) is 0 Å². The Morgan fingerprint density at radius 3 is 2.54 bits per heavy atom. The van der Waals surface area contributed by atoms with Crippen LogP contribution in [0.3, 0.4) is 0 Å². The first kappa shape index (κ1) is 18.6. The van der Waals surface area contributed by atoms with E-state index in [1.165, 1.54) is 20.8 Å². The minimum Gasteiger partial charge on any atom is -0.480 e. The van der Waals surface area contributed by atoms with Crippen LogP contribution in [0.2, 0.25) is 0 Å². The molecule has 0 spiro atoms. The van der Waals surface area contributed by atoms with Crippen molar-refractivity contribution in [1.82, 2.24) is 10.6 Å². The van der Waals surface area contributed by atoms with E-state index in [1.54, 1.807) is 0 Å². The molecule has 0 radical (unpaired) electrons. The second-order valence-corrected chi connectivity index (χ2v) is 5.90. The number of hydrogen-bond acceptors (Lipinski definition) is 7. The standard InChI is InChI=1S/C14H22N2O8/c1-5(13(20)21)15-12(19)6(2)23-11-9(16-7(3)17)14-22-4-8(24-14)10(11)18/h5-6,8-11,14,18H,4H2,1-3H3,(H,15,19)(H,16,17)(H,20,21)/t5?,6?,8-,9-,10-,11-,14-/m1/s1. The smallest absolute Gasteiger partial charge is 0.325 e. The van der Waals surface area contributed by atoms with Gasteiger partial charge in [0.15, 0.2) is 6.29 Å². The normalized spacial score (nSPS) is 34.2. The Labute approximate surface area is 138 Å². The van der Waals surface area contributed by atoms with Crippen molar-refractivity contribution in [3.05, 3.63) is 0 Å². The van der Waals surface area contributed by atoms with E-state index in [-0.39, 0.29) is 12.5 Å². The summed E-state index contributed by atoms with van der Waals surface area (Å²) in [6.07, 6.45) is -4.47. The molecular weight excluding hydrogens is 324 g/mol. The number of fused-ring (bicyclic) bond motifs is 2. The van der Waals surface area contributed by atoms with E-state index in [4.69, 9.17) is 19.3 Å². The van der Waals surface area contributed by atoms with Gasteiger partial charge in [0.2, 0.25) is 11.8 Å². The van der Waals surface area contributed by atoms with Crippen LogP contribution in [0.4, 0.5) is 0 Å². The van der Waals surface area contributed by atoms with Gasteiger partial charge in [0.25, 0.3) is 0 Å². The third-order valence-electron chi connectivity index (χ3n) is 3.93. The Kier molecular flexibility index (Phi) is 5.75. The molecule has 0 aliphatic carbocycles. The molecule has 0 aromatic heterocycles. The SMILES string of the molecule is CC(=O)N[C@H]1[C@@H]2OC[C@@H](O2)[C@@H](O)[C@@H]1OC(C)C(=O)NC(C)C(=O)O. The number of nitrogens with one attached hydrogen (secondary N) is 2. The van der Waals surface area contributed by atoms with Crippen molar-refractivity contribution in [2.75, 3.05) is 6.61 Å². The van der Waals surface area contributed by atoms with Crippen molar-refractivity contribution in [3.63, 3.8) is 0 Å². The van der Waals surface area contributed by atoms with Gasteiger partial charge in [-0.05, 0) is 13.8 Å². The highest BCUT2D eigenvalue weighted by Crippen LogP contribution is 2.30. The van der Waals surface area contributed by atoms with E-state index in [9.17, 15) is 19.5 Å². The summed E-state index contributed by atoms with van der Waals surface area (Å²) in [6, 6.07) is -1.86. The molecule has 7 atom stereocenters. The Hall–Kier alpha value is -1.75. The molecule has 0 aromatic carbocycles. The second kappa shape index (κ2) is 7.43. The van der Waals surface area contributed by atoms with Gasteiger partial charge in [-0.2, -0.15) is 0 Å². The fraction of sp³-hybridized carbons (Fsp3) is 0.786. The third-order valence-corrected chi connectivity index (χ3v) is 3.93. The van der Waals surface area contributed by atoms with Gasteiger partial charge in [0.1, 0.15) is 36.5 Å². The first-order valence-corrected chi connectivity index (χ1v) is 7.61. The van der Waals surface area contributed by atoms with E-state index in [0.717, 1.165) is 0 Å². The van der Waals surface area contributed by atoms with Gasteiger partial charge < -0.3 is 35.1 Å². The van der Waals surface area contributed by atoms with Crippen molar-refractivity contribution in [1.29, 1.82) is 0 Å². The lowest BCUT2D eigenvalue weighted by Gasteiger charge is -2.39. The van der Waals surface area contributed by atoms with Gasteiger partial charge >= 0.3 is 5.97 Å². The van der Waals surface area contributed by atoms with Crippen LogP contribution in [-0.2, 0) is 28.6 Å². The van der Waals surface area contributed by atoms with Crippen LogP contribution in [0.1, 0.15) is 20.8 Å². The highest BCUT2D eigenvalue weighted by Gasteiger charge is 2.52. The molecule has 4 N–H and O–H groups in total. The van der Waals surface area contributed by atoms with E-state index in [1.807, 2.05) is 0 Å². The van der Waals surface area contributed by atoms with E-state index < -0.39 is 54.7 Å². The van der Waals surface area contributed by atoms with Crippen LogP contribution in [0, 0.1) is 0 Å². The van der Waals surface area contributed by atoms with Gasteiger partial charge in [-0.3, -0.25) is 14.4 Å². The average Bonchev–Trinajstić information content (AvgIpc) is 2.94. The second-order valence-electron chi connectivity index (χ2n) is 5.90. The topological polar surface area (TPSA) is 143 Å². The number of amides is 2. The number of aliphatic hydroxyl groups excluding tert-OH is 1. The maximum absolute atomic E-state index is 12.0. The summed E-state index contributed by atoms with van der Waals surface area (Å²) < 4.78 is 16.4. The van der Waals surface area contributed by atoms with Crippen molar-refractivity contribution < 1.29 is 38.8 Å². The molecule has 10 heteroatoms. The molecule has 2 aliphatic heterocycles. The minimum atomic E-state index is -1.18. The summed E-state index contributed by atoms with van der Waals surface area (Å²) in [5.74, 6) is -2.18. The van der Waals surface area contributed by atoms with E-state index in [0.29, 0.717) is 0 Å². The Morgan fingerprint density at radius 1 is 1.29 bits per heavy atom. The van der Waals surface area contributed by atoms with Crippen LogP contribution < -0.4 is 10.6 Å². The van der Waals surface area contributed by atoms with Gasteiger partial charge in [0, 0.05) is 6.92 Å². The molecular formula is C14H22N2O8. The molecule has 2 fully saturated rings. The quantitative estimate of drug-likeness (QED) is 0.431. The predicted molar refractivity (Wildman–Crippen MR) is 77.8 cm³/mol. The molecule has 0 aromatic rings. The lowest BCUT2D eigenvalue weighted by Crippen LogP contribution is -2.62. The largest absolute Gasteiger partial charge is 0.480 e. The minimum absolute atomic E-state index is 0.151. The number of carboxylic acids is 1. The Bertz CT molecular complexity index is 513. The van der Waals surface area contributed by atoms with Crippen molar-refractivity contribution >= 4 is 17.8 Å². The molecule has 2 amide bonds. The zero-order valence-corrected chi connectivity index (χ0v) is 13.6. The number of hydrogen-bond donors (Lipinski definition) is 4. The van der Waals surface area contributed by atoms with E-state index in [2.05, 4.69) is 10.6 Å². The molecule has 136 valence electrons. The van der Waals surface area contributed by atoms with E-state index >= 15 is 0 Å². The van der Waals surface area contributed by atoms with Crippen LogP contribution >= 0.6 is 0 Å². The zero-order valence-electron chi connectivity index (χ0n) is 13.6. The van der Waals surface area contributed by atoms with Crippen LogP contribution in [0.5, 0.6) is 0 Å². The number of carbonyl (C=O) groups is 3. The van der Waals surface area contributed by atoms with Crippen molar-refractivity contribution in [2.24, 2.45) is 0 Å². The molecule has 2 aliphatic rings. The summed E-state index contributed by atoms with van der Waals surface area (Å²) in [6.45, 7) is 4.21. The number of carboxylic acid groups (broad SMARTS) is 1. The molecule has 24 heavy (non-hydrogen) atoms. The molecule has 2 saturated heterocycles. The summed E-state index contributed by atoms with van der Waals surface area (Å²) >= 11 is 0.